The molecular formula is C12H20N4. The Kier molecular flexibility index (Phi) is 3.85. The molecule has 2 rings (SSSR count). The lowest BCUT2D eigenvalue weighted by atomic mass is 9.96. The van der Waals surface area contributed by atoms with Crippen molar-refractivity contribution in [1.82, 2.24) is 14.9 Å². The van der Waals surface area contributed by atoms with Crippen LogP contribution in [0.1, 0.15) is 31.5 Å². The molecule has 88 valence electrons. The molecule has 0 unspecified atom stereocenters. The second-order valence-electron chi connectivity index (χ2n) is 4.55. The monoisotopic (exact) mass is 220 g/mol. The molecule has 1 fully saturated rings. The van der Waals surface area contributed by atoms with Gasteiger partial charge in [-0.15, -0.1) is 0 Å². The Morgan fingerprint density at radius 3 is 3.12 bits per heavy atom. The number of nitrogens with two attached hydrogens (primary N) is 1. The van der Waals surface area contributed by atoms with Crippen LogP contribution in [-0.4, -0.2) is 34.5 Å². The van der Waals surface area contributed by atoms with Crippen molar-refractivity contribution in [3.8, 4) is 0 Å². The predicted octanol–water partition coefficient (Wildman–Crippen LogP) is 1.21. The maximum absolute atomic E-state index is 5.75. The number of piperidine rings is 1. The molecule has 1 aliphatic heterocycles. The van der Waals surface area contributed by atoms with Gasteiger partial charge in [-0.1, -0.05) is 0 Å². The van der Waals surface area contributed by atoms with Crippen LogP contribution in [0.2, 0.25) is 0 Å². The second-order valence-corrected chi connectivity index (χ2v) is 4.55. The van der Waals surface area contributed by atoms with Crippen molar-refractivity contribution in [3.63, 3.8) is 0 Å². The molecule has 4 nitrogen and oxygen atoms in total. The van der Waals surface area contributed by atoms with Crippen LogP contribution < -0.4 is 5.73 Å². The van der Waals surface area contributed by atoms with E-state index in [1.165, 1.54) is 12.8 Å². The molecule has 0 amide bonds. The summed E-state index contributed by atoms with van der Waals surface area (Å²) in [6, 6.07) is 0.350. The molecule has 2 N–H and O–H groups in total. The van der Waals surface area contributed by atoms with Crippen LogP contribution in [-0.2, 0) is 0 Å². The van der Waals surface area contributed by atoms with Gasteiger partial charge in [0.05, 0.1) is 11.7 Å². The maximum Gasteiger partial charge on any atom is 0.0755 e. The smallest absolute Gasteiger partial charge is 0.0755 e. The average molecular weight is 220 g/mol. The summed E-state index contributed by atoms with van der Waals surface area (Å²) in [5, 5.41) is 0. The Bertz CT molecular complexity index is 314. The van der Waals surface area contributed by atoms with Gasteiger partial charge in [0.1, 0.15) is 0 Å². The topological polar surface area (TPSA) is 55.0 Å². The number of nitrogens with zero attached hydrogens (tertiary/aromatic N) is 3. The van der Waals surface area contributed by atoms with Crippen LogP contribution in [0.4, 0.5) is 0 Å². The zero-order valence-corrected chi connectivity index (χ0v) is 9.84. The summed E-state index contributed by atoms with van der Waals surface area (Å²) in [6.07, 6.45) is 7.84. The molecule has 1 saturated heterocycles. The SMILES string of the molecule is C[C@@H](c1cnccn1)N1CCC[C@@H](CN)C1. The Labute approximate surface area is 96.9 Å². The van der Waals surface area contributed by atoms with Crippen molar-refractivity contribution in [2.75, 3.05) is 19.6 Å². The van der Waals surface area contributed by atoms with Crippen LogP contribution in [0.15, 0.2) is 18.6 Å². The van der Waals surface area contributed by atoms with Crippen molar-refractivity contribution in [1.29, 1.82) is 0 Å². The van der Waals surface area contributed by atoms with E-state index in [2.05, 4.69) is 21.8 Å². The van der Waals surface area contributed by atoms with Crippen LogP contribution in [0, 0.1) is 5.92 Å². The third kappa shape index (κ3) is 2.57. The molecule has 0 spiro atoms. The van der Waals surface area contributed by atoms with Crippen LogP contribution in [0.3, 0.4) is 0 Å². The van der Waals surface area contributed by atoms with Gasteiger partial charge in [-0.05, 0) is 38.8 Å². The minimum atomic E-state index is 0.350. The highest BCUT2D eigenvalue weighted by Crippen LogP contribution is 2.24. The molecule has 2 heterocycles. The zero-order valence-electron chi connectivity index (χ0n) is 9.84. The second kappa shape index (κ2) is 5.37. The molecule has 0 radical (unpaired) electrons. The van der Waals surface area contributed by atoms with E-state index in [1.807, 2.05) is 6.20 Å². The summed E-state index contributed by atoms with van der Waals surface area (Å²) < 4.78 is 0. The van der Waals surface area contributed by atoms with Gasteiger partial charge in [0.2, 0.25) is 0 Å². The van der Waals surface area contributed by atoms with Crippen molar-refractivity contribution in [3.05, 3.63) is 24.3 Å². The van der Waals surface area contributed by atoms with E-state index in [0.717, 1.165) is 25.3 Å². The van der Waals surface area contributed by atoms with Crippen LogP contribution in [0.5, 0.6) is 0 Å². The summed E-state index contributed by atoms with van der Waals surface area (Å²) in [7, 11) is 0. The molecule has 2 atom stereocenters. The van der Waals surface area contributed by atoms with Crippen LogP contribution >= 0.6 is 0 Å². The zero-order chi connectivity index (χ0) is 11.4. The summed E-state index contributed by atoms with van der Waals surface area (Å²) in [4.78, 5) is 11.0. The number of hydrogen-bond acceptors (Lipinski definition) is 4. The van der Waals surface area contributed by atoms with Gasteiger partial charge in [0.25, 0.3) is 0 Å². The highest BCUT2D eigenvalue weighted by molar-refractivity contribution is 5.01. The predicted molar refractivity (Wildman–Crippen MR) is 63.8 cm³/mol. The van der Waals surface area contributed by atoms with E-state index in [0.29, 0.717) is 12.0 Å². The number of likely N-dealkylation sites (tertiary alicyclic amines) is 1. The summed E-state index contributed by atoms with van der Waals surface area (Å²) in [6.45, 7) is 5.23. The van der Waals surface area contributed by atoms with Gasteiger partial charge < -0.3 is 5.73 Å². The molecule has 1 aromatic heterocycles. The first-order valence-electron chi connectivity index (χ1n) is 6.01. The van der Waals surface area contributed by atoms with Crippen LogP contribution in [0.25, 0.3) is 0 Å². The normalized spacial score (nSPS) is 24.2. The third-order valence-corrected chi connectivity index (χ3v) is 3.44. The van der Waals surface area contributed by atoms with Gasteiger partial charge >= 0.3 is 0 Å². The Balaban J connectivity index is 2.01. The highest BCUT2D eigenvalue weighted by Gasteiger charge is 2.24. The van der Waals surface area contributed by atoms with E-state index in [9.17, 15) is 0 Å². The van der Waals surface area contributed by atoms with Crippen molar-refractivity contribution < 1.29 is 0 Å². The summed E-state index contributed by atoms with van der Waals surface area (Å²) >= 11 is 0. The summed E-state index contributed by atoms with van der Waals surface area (Å²) in [5.41, 5.74) is 6.81. The highest BCUT2D eigenvalue weighted by atomic mass is 15.2. The molecule has 0 aromatic carbocycles. The van der Waals surface area contributed by atoms with Gasteiger partial charge in [-0.3, -0.25) is 14.9 Å². The molecule has 0 bridgehead atoms. The standard InChI is InChI=1S/C12H20N4/c1-10(12-8-14-4-5-15-12)16-6-2-3-11(7-13)9-16/h4-5,8,10-11H,2-3,6-7,9,13H2,1H3/t10-,11-/m0/s1. The van der Waals surface area contributed by atoms with E-state index >= 15 is 0 Å². The van der Waals surface area contributed by atoms with Gasteiger partial charge in [-0.25, -0.2) is 0 Å². The van der Waals surface area contributed by atoms with Crippen molar-refractivity contribution in [2.24, 2.45) is 11.7 Å². The van der Waals surface area contributed by atoms with Crippen molar-refractivity contribution in [2.45, 2.75) is 25.8 Å². The Hall–Kier alpha value is -1.00. The number of hydrogen-bond donors (Lipinski definition) is 1. The average Bonchev–Trinajstić information content (AvgIpc) is 2.39. The lowest BCUT2D eigenvalue weighted by Crippen LogP contribution is -2.40. The van der Waals surface area contributed by atoms with E-state index < -0.39 is 0 Å². The minimum Gasteiger partial charge on any atom is -0.330 e. The third-order valence-electron chi connectivity index (χ3n) is 3.44. The fraction of sp³-hybridized carbons (Fsp3) is 0.667. The van der Waals surface area contributed by atoms with E-state index in [-0.39, 0.29) is 0 Å². The fourth-order valence-corrected chi connectivity index (χ4v) is 2.35. The maximum atomic E-state index is 5.75. The molecule has 1 aromatic rings. The lowest BCUT2D eigenvalue weighted by Gasteiger charge is -2.36. The minimum absolute atomic E-state index is 0.350. The lowest BCUT2D eigenvalue weighted by molar-refractivity contribution is 0.132. The first-order valence-corrected chi connectivity index (χ1v) is 6.01. The largest absolute Gasteiger partial charge is 0.330 e. The van der Waals surface area contributed by atoms with E-state index in [1.54, 1.807) is 12.4 Å². The molecule has 1 aliphatic rings. The molecular weight excluding hydrogens is 200 g/mol. The Morgan fingerprint density at radius 1 is 1.56 bits per heavy atom. The Morgan fingerprint density at radius 2 is 2.44 bits per heavy atom. The fourth-order valence-electron chi connectivity index (χ4n) is 2.35. The molecule has 0 aliphatic carbocycles. The van der Waals surface area contributed by atoms with Crippen molar-refractivity contribution >= 4 is 0 Å². The number of aromatic nitrogens is 2. The molecule has 16 heavy (non-hydrogen) atoms. The first kappa shape index (κ1) is 11.5. The molecule has 0 saturated carbocycles. The van der Waals surface area contributed by atoms with E-state index in [4.69, 9.17) is 5.73 Å². The molecule has 4 heteroatoms. The number of rotatable bonds is 3. The summed E-state index contributed by atoms with van der Waals surface area (Å²) in [5.74, 6) is 0.646. The van der Waals surface area contributed by atoms with Gasteiger partial charge in [0.15, 0.2) is 0 Å². The van der Waals surface area contributed by atoms with Gasteiger partial charge in [0, 0.05) is 25.1 Å². The quantitative estimate of drug-likeness (QED) is 0.832. The van der Waals surface area contributed by atoms with Gasteiger partial charge in [-0.2, -0.15) is 0 Å². The first-order chi connectivity index (χ1) is 7.81.